The summed E-state index contributed by atoms with van der Waals surface area (Å²) < 4.78 is 6.61. The van der Waals surface area contributed by atoms with Gasteiger partial charge in [0, 0.05) is 18.0 Å². The lowest BCUT2D eigenvalue weighted by Gasteiger charge is -2.09. The van der Waals surface area contributed by atoms with Crippen molar-refractivity contribution >= 4 is 27.4 Å². The second kappa shape index (κ2) is 6.37. The number of nitrogens with zero attached hydrogens (tertiary/aromatic N) is 2. The Kier molecular flexibility index (Phi) is 4.12. The zero-order chi connectivity index (χ0) is 14.5. The van der Waals surface area contributed by atoms with Gasteiger partial charge in [0.1, 0.15) is 23.6 Å². The van der Waals surface area contributed by atoms with Crippen molar-refractivity contribution in [3.05, 3.63) is 71.6 Å². The summed E-state index contributed by atoms with van der Waals surface area (Å²) in [6.45, 7) is 0. The first-order chi connectivity index (χ1) is 10.3. The summed E-state index contributed by atoms with van der Waals surface area (Å²) in [5.41, 5.74) is 0.892. The first kappa shape index (κ1) is 13.6. The molecule has 0 amide bonds. The van der Waals surface area contributed by atoms with Crippen LogP contribution in [0.5, 0.6) is 11.5 Å². The van der Waals surface area contributed by atoms with E-state index in [9.17, 15) is 0 Å². The van der Waals surface area contributed by atoms with Crippen molar-refractivity contribution in [2.24, 2.45) is 0 Å². The third-order valence-corrected chi connectivity index (χ3v) is 3.32. The molecule has 0 atom stereocenters. The van der Waals surface area contributed by atoms with E-state index in [1.807, 2.05) is 54.6 Å². The van der Waals surface area contributed by atoms with Crippen molar-refractivity contribution in [2.75, 3.05) is 5.32 Å². The first-order valence-electron chi connectivity index (χ1n) is 6.37. The molecule has 0 aliphatic rings. The van der Waals surface area contributed by atoms with Crippen LogP contribution >= 0.6 is 15.9 Å². The molecule has 0 spiro atoms. The predicted octanol–water partition coefficient (Wildman–Crippen LogP) is 4.78. The van der Waals surface area contributed by atoms with E-state index in [0.29, 0.717) is 5.82 Å². The molecule has 0 aliphatic carbocycles. The molecule has 3 rings (SSSR count). The van der Waals surface area contributed by atoms with Crippen LogP contribution in [0.25, 0.3) is 0 Å². The summed E-state index contributed by atoms with van der Waals surface area (Å²) in [6, 6.07) is 17.4. The van der Waals surface area contributed by atoms with Gasteiger partial charge in [0.2, 0.25) is 0 Å². The fourth-order valence-corrected chi connectivity index (χ4v) is 2.12. The lowest BCUT2D eigenvalue weighted by Crippen LogP contribution is -1.95. The fraction of sp³-hybridized carbons (Fsp3) is 0. The Morgan fingerprint density at radius 2 is 1.76 bits per heavy atom. The normalized spacial score (nSPS) is 10.1. The van der Waals surface area contributed by atoms with E-state index >= 15 is 0 Å². The van der Waals surface area contributed by atoms with Gasteiger partial charge in [-0.15, -0.1) is 0 Å². The summed E-state index contributed by atoms with van der Waals surface area (Å²) in [4.78, 5) is 8.11. The van der Waals surface area contributed by atoms with E-state index in [4.69, 9.17) is 4.74 Å². The number of hydrogen-bond acceptors (Lipinski definition) is 4. The zero-order valence-electron chi connectivity index (χ0n) is 11.0. The molecule has 1 heterocycles. The maximum atomic E-state index is 5.80. The number of nitrogens with one attached hydrogen (secondary N) is 1. The van der Waals surface area contributed by atoms with Gasteiger partial charge in [0.05, 0.1) is 4.47 Å². The molecule has 0 radical (unpaired) electrons. The Labute approximate surface area is 131 Å². The second-order valence-corrected chi connectivity index (χ2v) is 5.14. The molecule has 0 saturated carbocycles. The van der Waals surface area contributed by atoms with Gasteiger partial charge >= 0.3 is 0 Å². The van der Waals surface area contributed by atoms with Crippen LogP contribution in [-0.2, 0) is 0 Å². The Morgan fingerprint density at radius 1 is 0.952 bits per heavy atom. The highest BCUT2D eigenvalue weighted by Crippen LogP contribution is 2.27. The van der Waals surface area contributed by atoms with Crippen LogP contribution in [0.4, 0.5) is 11.5 Å². The minimum Gasteiger partial charge on any atom is -0.457 e. The van der Waals surface area contributed by atoms with E-state index in [0.717, 1.165) is 21.7 Å². The molecule has 104 valence electrons. The second-order valence-electron chi connectivity index (χ2n) is 4.29. The number of ether oxygens (including phenoxy) is 1. The Balaban J connectivity index is 1.79. The molecule has 2 aromatic carbocycles. The highest BCUT2D eigenvalue weighted by Gasteiger charge is 2.03. The Bertz CT molecular complexity index is 734. The van der Waals surface area contributed by atoms with Gasteiger partial charge in [0.25, 0.3) is 0 Å². The van der Waals surface area contributed by atoms with Gasteiger partial charge in [-0.05, 0) is 40.2 Å². The third kappa shape index (κ3) is 3.58. The number of rotatable bonds is 4. The van der Waals surface area contributed by atoms with Crippen LogP contribution in [-0.4, -0.2) is 9.97 Å². The van der Waals surface area contributed by atoms with Gasteiger partial charge in [-0.25, -0.2) is 9.97 Å². The Morgan fingerprint density at radius 3 is 2.57 bits per heavy atom. The smallest absolute Gasteiger partial charge is 0.148 e. The number of benzene rings is 2. The van der Waals surface area contributed by atoms with E-state index in [1.54, 1.807) is 6.20 Å². The molecule has 1 aromatic heterocycles. The predicted molar refractivity (Wildman–Crippen MR) is 86.0 cm³/mol. The van der Waals surface area contributed by atoms with Crippen LogP contribution in [0, 0.1) is 0 Å². The SMILES string of the molecule is Brc1cncnc1Nc1cccc(Oc2ccccc2)c1. The lowest BCUT2D eigenvalue weighted by molar-refractivity contribution is 0.483. The average molecular weight is 342 g/mol. The first-order valence-corrected chi connectivity index (χ1v) is 7.16. The summed E-state index contributed by atoms with van der Waals surface area (Å²) in [6.07, 6.45) is 3.19. The number of hydrogen-bond donors (Lipinski definition) is 1. The Hall–Kier alpha value is -2.40. The summed E-state index contributed by atoms with van der Waals surface area (Å²) in [7, 11) is 0. The maximum Gasteiger partial charge on any atom is 0.148 e. The number of para-hydroxylation sites is 1. The van der Waals surface area contributed by atoms with Crippen LogP contribution in [0.3, 0.4) is 0 Å². The van der Waals surface area contributed by atoms with Crippen molar-refractivity contribution in [2.45, 2.75) is 0 Å². The van der Waals surface area contributed by atoms with Crippen LogP contribution in [0.2, 0.25) is 0 Å². The molecule has 0 unspecified atom stereocenters. The molecule has 4 nitrogen and oxygen atoms in total. The highest BCUT2D eigenvalue weighted by molar-refractivity contribution is 9.10. The summed E-state index contributed by atoms with van der Waals surface area (Å²) in [5, 5.41) is 3.22. The topological polar surface area (TPSA) is 47.0 Å². The summed E-state index contributed by atoms with van der Waals surface area (Å²) in [5.74, 6) is 2.27. The van der Waals surface area contributed by atoms with E-state index in [1.165, 1.54) is 6.33 Å². The number of anilines is 2. The van der Waals surface area contributed by atoms with Gasteiger partial charge in [-0.2, -0.15) is 0 Å². The van der Waals surface area contributed by atoms with Gasteiger partial charge < -0.3 is 10.1 Å². The number of halogens is 1. The third-order valence-electron chi connectivity index (χ3n) is 2.74. The van der Waals surface area contributed by atoms with Crippen molar-refractivity contribution in [3.63, 3.8) is 0 Å². The molecule has 3 aromatic rings. The van der Waals surface area contributed by atoms with Gasteiger partial charge in [-0.3, -0.25) is 0 Å². The zero-order valence-corrected chi connectivity index (χ0v) is 12.6. The van der Waals surface area contributed by atoms with Gasteiger partial charge in [0.15, 0.2) is 0 Å². The van der Waals surface area contributed by atoms with Crippen LogP contribution in [0.15, 0.2) is 71.6 Å². The van der Waals surface area contributed by atoms with E-state index in [-0.39, 0.29) is 0 Å². The minimum atomic E-state index is 0.710. The van der Waals surface area contributed by atoms with Crippen molar-refractivity contribution in [3.8, 4) is 11.5 Å². The lowest BCUT2D eigenvalue weighted by atomic mass is 10.3. The monoisotopic (exact) mass is 341 g/mol. The summed E-state index contributed by atoms with van der Waals surface area (Å²) >= 11 is 3.41. The van der Waals surface area contributed by atoms with Crippen molar-refractivity contribution < 1.29 is 4.74 Å². The van der Waals surface area contributed by atoms with Gasteiger partial charge in [-0.1, -0.05) is 24.3 Å². The molecule has 0 saturated heterocycles. The number of aromatic nitrogens is 2. The molecular formula is C16H12BrN3O. The maximum absolute atomic E-state index is 5.80. The molecule has 0 bridgehead atoms. The average Bonchev–Trinajstić information content (AvgIpc) is 2.51. The largest absolute Gasteiger partial charge is 0.457 e. The quantitative estimate of drug-likeness (QED) is 0.742. The molecule has 5 heteroatoms. The molecule has 21 heavy (non-hydrogen) atoms. The van der Waals surface area contributed by atoms with Crippen molar-refractivity contribution in [1.82, 2.24) is 9.97 Å². The van der Waals surface area contributed by atoms with E-state index < -0.39 is 0 Å². The standard InChI is InChI=1S/C16H12BrN3O/c17-15-10-18-11-19-16(15)20-12-5-4-8-14(9-12)21-13-6-2-1-3-7-13/h1-11H,(H,18,19,20). The molecule has 0 fully saturated rings. The minimum absolute atomic E-state index is 0.710. The molecular weight excluding hydrogens is 330 g/mol. The highest BCUT2D eigenvalue weighted by atomic mass is 79.9. The molecule has 1 N–H and O–H groups in total. The molecule has 0 aliphatic heterocycles. The van der Waals surface area contributed by atoms with Crippen molar-refractivity contribution in [1.29, 1.82) is 0 Å². The van der Waals surface area contributed by atoms with Crippen LogP contribution in [0.1, 0.15) is 0 Å². The van der Waals surface area contributed by atoms with E-state index in [2.05, 4.69) is 31.2 Å². The van der Waals surface area contributed by atoms with Crippen LogP contribution < -0.4 is 10.1 Å². The fourth-order valence-electron chi connectivity index (χ4n) is 1.80.